The summed E-state index contributed by atoms with van der Waals surface area (Å²) in [5.74, 6) is 0.569. The maximum absolute atomic E-state index is 6.13. The molecule has 4 nitrogen and oxygen atoms in total. The summed E-state index contributed by atoms with van der Waals surface area (Å²) in [7, 11) is -0.404. The van der Waals surface area contributed by atoms with Crippen LogP contribution in [0.3, 0.4) is 0 Å². The number of hydrogen-bond acceptors (Lipinski definition) is 4. The Labute approximate surface area is 124 Å². The van der Waals surface area contributed by atoms with Gasteiger partial charge in [0.25, 0.3) is 0 Å². The third kappa shape index (κ3) is 1.94. The minimum atomic E-state index is -0.404. The first kappa shape index (κ1) is 13.3. The molecular weight excluding hydrogens is 265 g/mol. The van der Waals surface area contributed by atoms with E-state index in [0.717, 1.165) is 22.1 Å². The van der Waals surface area contributed by atoms with Crippen molar-refractivity contribution in [2.45, 2.75) is 57.7 Å². The largest absolute Gasteiger partial charge is 0.498 e. The summed E-state index contributed by atoms with van der Waals surface area (Å²) in [5, 5.41) is 5.38. The molecule has 0 bridgehead atoms. The van der Waals surface area contributed by atoms with Crippen LogP contribution in [0.1, 0.15) is 52.1 Å². The Morgan fingerprint density at radius 2 is 1.76 bits per heavy atom. The molecule has 2 aliphatic rings. The normalized spacial score (nSPS) is 23.9. The molecular formula is C16H20BNO3. The second-order valence-electron chi connectivity index (χ2n) is 7.15. The number of rotatable bonds is 2. The zero-order valence-electron chi connectivity index (χ0n) is 13.0. The summed E-state index contributed by atoms with van der Waals surface area (Å²) in [6, 6.07) is 6.12. The smallest absolute Gasteiger partial charge is 0.399 e. The highest BCUT2D eigenvalue weighted by Gasteiger charge is 2.52. The minimum absolute atomic E-state index is 0.348. The molecule has 1 aromatic heterocycles. The Hall–Kier alpha value is -1.33. The van der Waals surface area contributed by atoms with Gasteiger partial charge in [0.2, 0.25) is 0 Å². The van der Waals surface area contributed by atoms with Crippen LogP contribution in [0.15, 0.2) is 22.7 Å². The lowest BCUT2D eigenvalue weighted by Crippen LogP contribution is -2.41. The number of aromatic nitrogens is 1. The van der Waals surface area contributed by atoms with Crippen LogP contribution in [-0.4, -0.2) is 23.5 Å². The van der Waals surface area contributed by atoms with E-state index in [-0.39, 0.29) is 11.2 Å². The highest BCUT2D eigenvalue weighted by atomic mass is 16.7. The molecule has 4 rings (SSSR count). The monoisotopic (exact) mass is 285 g/mol. The second-order valence-corrected chi connectivity index (χ2v) is 7.15. The fraction of sp³-hybridized carbons (Fsp3) is 0.562. The molecule has 1 aliphatic heterocycles. The van der Waals surface area contributed by atoms with Crippen molar-refractivity contribution in [1.82, 2.24) is 5.16 Å². The lowest BCUT2D eigenvalue weighted by atomic mass is 9.78. The van der Waals surface area contributed by atoms with Crippen LogP contribution in [0.5, 0.6) is 0 Å². The first-order valence-electron chi connectivity index (χ1n) is 7.63. The zero-order valence-corrected chi connectivity index (χ0v) is 13.0. The van der Waals surface area contributed by atoms with Crippen molar-refractivity contribution in [3.63, 3.8) is 0 Å². The van der Waals surface area contributed by atoms with Crippen LogP contribution in [0.2, 0.25) is 0 Å². The van der Waals surface area contributed by atoms with Crippen molar-refractivity contribution in [1.29, 1.82) is 0 Å². The second kappa shape index (κ2) is 4.11. The first-order valence-corrected chi connectivity index (χ1v) is 7.63. The standard InChI is InChI=1S/C16H20BNO3/c1-15(2)16(3,4)21-17(20-15)12-7-5-6-11-13(10-8-9-10)18-19-14(11)12/h5-7,10H,8-9H2,1-4H3. The summed E-state index contributed by atoms with van der Waals surface area (Å²) >= 11 is 0. The SMILES string of the molecule is CC1(C)OB(c2cccc3c(C4CC4)noc23)OC1(C)C. The van der Waals surface area contributed by atoms with E-state index in [0.29, 0.717) is 5.92 Å². The van der Waals surface area contributed by atoms with E-state index < -0.39 is 7.12 Å². The Balaban J connectivity index is 1.78. The van der Waals surface area contributed by atoms with Gasteiger partial charge in [-0.25, -0.2) is 0 Å². The van der Waals surface area contributed by atoms with Crippen LogP contribution in [-0.2, 0) is 9.31 Å². The molecule has 0 atom stereocenters. The summed E-state index contributed by atoms with van der Waals surface area (Å²) < 4.78 is 17.9. The van der Waals surface area contributed by atoms with Crippen molar-refractivity contribution >= 4 is 23.6 Å². The number of benzene rings is 1. The molecule has 1 saturated heterocycles. The van der Waals surface area contributed by atoms with Gasteiger partial charge in [0.05, 0.1) is 16.9 Å². The Morgan fingerprint density at radius 1 is 1.10 bits per heavy atom. The van der Waals surface area contributed by atoms with Gasteiger partial charge in [-0.2, -0.15) is 0 Å². The van der Waals surface area contributed by atoms with E-state index >= 15 is 0 Å². The van der Waals surface area contributed by atoms with E-state index in [1.807, 2.05) is 12.1 Å². The van der Waals surface area contributed by atoms with Crippen LogP contribution in [0.25, 0.3) is 11.0 Å². The van der Waals surface area contributed by atoms with Gasteiger partial charge in [0.15, 0.2) is 5.58 Å². The van der Waals surface area contributed by atoms with Gasteiger partial charge in [-0.05, 0) is 46.6 Å². The lowest BCUT2D eigenvalue weighted by Gasteiger charge is -2.32. The highest BCUT2D eigenvalue weighted by Crippen LogP contribution is 2.42. The molecule has 2 heterocycles. The molecule has 0 unspecified atom stereocenters. The molecule has 1 aromatic carbocycles. The topological polar surface area (TPSA) is 44.5 Å². The number of hydrogen-bond donors (Lipinski definition) is 0. The fourth-order valence-corrected chi connectivity index (χ4v) is 2.81. The van der Waals surface area contributed by atoms with Crippen molar-refractivity contribution in [2.75, 3.05) is 0 Å². The van der Waals surface area contributed by atoms with Gasteiger partial charge in [-0.15, -0.1) is 0 Å². The van der Waals surface area contributed by atoms with E-state index in [9.17, 15) is 0 Å². The molecule has 110 valence electrons. The number of para-hydroxylation sites is 1. The lowest BCUT2D eigenvalue weighted by molar-refractivity contribution is 0.00578. The van der Waals surface area contributed by atoms with Gasteiger partial charge < -0.3 is 13.8 Å². The third-order valence-electron chi connectivity index (χ3n) is 5.03. The molecule has 2 fully saturated rings. The average molecular weight is 285 g/mol. The fourth-order valence-electron chi connectivity index (χ4n) is 2.81. The summed E-state index contributed by atoms with van der Waals surface area (Å²) in [4.78, 5) is 0. The van der Waals surface area contributed by atoms with E-state index in [1.54, 1.807) is 0 Å². The van der Waals surface area contributed by atoms with Crippen LogP contribution in [0, 0.1) is 0 Å². The molecule has 1 aliphatic carbocycles. The predicted octanol–water partition coefficient (Wildman–Crippen LogP) is 3.00. The maximum atomic E-state index is 6.13. The van der Waals surface area contributed by atoms with Gasteiger partial charge in [0.1, 0.15) is 0 Å². The quantitative estimate of drug-likeness (QED) is 0.796. The number of fused-ring (bicyclic) bond motifs is 1. The van der Waals surface area contributed by atoms with Crippen molar-refractivity contribution in [2.24, 2.45) is 0 Å². The van der Waals surface area contributed by atoms with E-state index in [2.05, 4.69) is 38.9 Å². The predicted molar refractivity (Wildman–Crippen MR) is 81.7 cm³/mol. The highest BCUT2D eigenvalue weighted by molar-refractivity contribution is 6.64. The third-order valence-corrected chi connectivity index (χ3v) is 5.03. The summed E-state index contributed by atoms with van der Waals surface area (Å²) in [6.07, 6.45) is 2.42. The van der Waals surface area contributed by atoms with Gasteiger partial charge in [-0.3, -0.25) is 0 Å². The zero-order chi connectivity index (χ0) is 14.8. The molecule has 1 saturated carbocycles. The van der Waals surface area contributed by atoms with Gasteiger partial charge in [0, 0.05) is 16.8 Å². The minimum Gasteiger partial charge on any atom is -0.399 e. The molecule has 0 N–H and O–H groups in total. The van der Waals surface area contributed by atoms with Crippen LogP contribution >= 0.6 is 0 Å². The van der Waals surface area contributed by atoms with E-state index in [4.69, 9.17) is 13.8 Å². The van der Waals surface area contributed by atoms with Crippen molar-refractivity contribution in [3.8, 4) is 0 Å². The molecule has 0 amide bonds. The van der Waals surface area contributed by atoms with Gasteiger partial charge >= 0.3 is 7.12 Å². The molecule has 5 heteroatoms. The van der Waals surface area contributed by atoms with Crippen molar-refractivity contribution < 1.29 is 13.8 Å². The van der Waals surface area contributed by atoms with Crippen molar-refractivity contribution in [3.05, 3.63) is 23.9 Å². The van der Waals surface area contributed by atoms with Crippen LogP contribution < -0.4 is 5.46 Å². The Bertz CT molecular complexity index is 687. The average Bonchev–Trinajstić information content (AvgIpc) is 3.11. The summed E-state index contributed by atoms with van der Waals surface area (Å²) in [5.41, 5.74) is 2.13. The first-order chi connectivity index (χ1) is 9.89. The molecule has 2 aromatic rings. The summed E-state index contributed by atoms with van der Waals surface area (Å²) in [6.45, 7) is 8.23. The molecule has 0 radical (unpaired) electrons. The van der Waals surface area contributed by atoms with Gasteiger partial charge in [-0.1, -0.05) is 17.3 Å². The Morgan fingerprint density at radius 3 is 2.38 bits per heavy atom. The molecule has 21 heavy (non-hydrogen) atoms. The van der Waals surface area contributed by atoms with E-state index in [1.165, 1.54) is 12.8 Å². The number of nitrogens with zero attached hydrogens (tertiary/aromatic N) is 1. The Kier molecular flexibility index (Phi) is 2.61. The molecule has 0 spiro atoms. The van der Waals surface area contributed by atoms with Crippen LogP contribution in [0.4, 0.5) is 0 Å². The maximum Gasteiger partial charge on any atom is 0.498 e.